The molecule has 30 heavy (non-hydrogen) atoms. The molecule has 3 aromatic rings. The van der Waals surface area contributed by atoms with Gasteiger partial charge in [0, 0.05) is 30.7 Å². The Morgan fingerprint density at radius 1 is 1.00 bits per heavy atom. The van der Waals surface area contributed by atoms with Gasteiger partial charge in [-0.3, -0.25) is 0 Å². The Morgan fingerprint density at radius 3 is 2.30 bits per heavy atom. The summed E-state index contributed by atoms with van der Waals surface area (Å²) in [7, 11) is -1.83. The first-order chi connectivity index (χ1) is 14.4. The van der Waals surface area contributed by atoms with E-state index in [2.05, 4.69) is 16.7 Å². The molecule has 6 nitrogen and oxygen atoms in total. The van der Waals surface area contributed by atoms with Crippen molar-refractivity contribution < 1.29 is 17.9 Å². The highest BCUT2D eigenvalue weighted by Gasteiger charge is 2.30. The molecule has 7 heteroatoms. The molecule has 0 bridgehead atoms. The van der Waals surface area contributed by atoms with Gasteiger partial charge in [0.2, 0.25) is 10.0 Å². The summed E-state index contributed by atoms with van der Waals surface area (Å²) >= 11 is 0. The van der Waals surface area contributed by atoms with Crippen LogP contribution in [-0.2, 0) is 10.0 Å². The Labute approximate surface area is 178 Å². The molecule has 1 aliphatic heterocycles. The predicted octanol–water partition coefficient (Wildman–Crippen LogP) is 4.46. The Kier molecular flexibility index (Phi) is 5.75. The van der Waals surface area contributed by atoms with Crippen molar-refractivity contribution >= 4 is 20.9 Å². The fourth-order valence-corrected chi connectivity index (χ4v) is 5.58. The van der Waals surface area contributed by atoms with Crippen molar-refractivity contribution in [2.75, 3.05) is 20.2 Å². The number of methoxy groups -OCH3 is 1. The van der Waals surface area contributed by atoms with E-state index in [1.165, 1.54) is 0 Å². The van der Waals surface area contributed by atoms with Crippen molar-refractivity contribution in [3.63, 3.8) is 0 Å². The first kappa shape index (κ1) is 20.8. The SMILES string of the molecule is COc1cn(C2CCN(S(=O)(=O)c3ccc(OC(C)C)cc3)CC2)c2ccccc12. The molecular formula is C23H28N2O4S. The Bertz CT molecular complexity index is 1110. The van der Waals surface area contributed by atoms with Gasteiger partial charge in [-0.15, -0.1) is 0 Å². The van der Waals surface area contributed by atoms with Crippen molar-refractivity contribution in [2.45, 2.75) is 43.7 Å². The second-order valence-electron chi connectivity index (χ2n) is 7.90. The molecule has 0 radical (unpaired) electrons. The van der Waals surface area contributed by atoms with Crippen molar-refractivity contribution in [3.05, 3.63) is 54.7 Å². The summed E-state index contributed by atoms with van der Waals surface area (Å²) in [5.41, 5.74) is 1.12. The van der Waals surface area contributed by atoms with Gasteiger partial charge in [-0.2, -0.15) is 4.31 Å². The summed E-state index contributed by atoms with van der Waals surface area (Å²) in [6.07, 6.45) is 3.60. The molecular weight excluding hydrogens is 400 g/mol. The molecule has 0 atom stereocenters. The van der Waals surface area contributed by atoms with Crippen molar-refractivity contribution in [2.24, 2.45) is 0 Å². The van der Waals surface area contributed by atoms with E-state index in [1.807, 2.05) is 32.2 Å². The van der Waals surface area contributed by atoms with Crippen molar-refractivity contribution in [1.29, 1.82) is 0 Å². The number of ether oxygens (including phenoxy) is 2. The molecule has 160 valence electrons. The zero-order valence-electron chi connectivity index (χ0n) is 17.6. The van der Waals surface area contributed by atoms with E-state index in [4.69, 9.17) is 9.47 Å². The number of rotatable bonds is 6. The van der Waals surface area contributed by atoms with E-state index >= 15 is 0 Å². The van der Waals surface area contributed by atoms with Crippen LogP contribution in [0.1, 0.15) is 32.7 Å². The van der Waals surface area contributed by atoms with Crippen LogP contribution in [0.5, 0.6) is 11.5 Å². The zero-order valence-corrected chi connectivity index (χ0v) is 18.4. The van der Waals surface area contributed by atoms with Gasteiger partial charge in [0.1, 0.15) is 11.5 Å². The van der Waals surface area contributed by atoms with Gasteiger partial charge < -0.3 is 14.0 Å². The minimum absolute atomic E-state index is 0.0508. The third-order valence-electron chi connectivity index (χ3n) is 5.57. The maximum absolute atomic E-state index is 13.1. The van der Waals surface area contributed by atoms with Crippen molar-refractivity contribution in [3.8, 4) is 11.5 Å². The van der Waals surface area contributed by atoms with Gasteiger partial charge in [-0.05, 0) is 63.1 Å². The van der Waals surface area contributed by atoms with Crippen LogP contribution in [0.15, 0.2) is 59.6 Å². The number of fused-ring (bicyclic) bond motifs is 1. The molecule has 1 aliphatic rings. The van der Waals surface area contributed by atoms with Crippen LogP contribution in [0, 0.1) is 0 Å². The van der Waals surface area contributed by atoms with E-state index in [-0.39, 0.29) is 12.1 Å². The second-order valence-corrected chi connectivity index (χ2v) is 9.83. The lowest BCUT2D eigenvalue weighted by Crippen LogP contribution is -2.38. The minimum Gasteiger partial charge on any atom is -0.495 e. The smallest absolute Gasteiger partial charge is 0.243 e. The van der Waals surface area contributed by atoms with Crippen LogP contribution in [0.3, 0.4) is 0 Å². The molecule has 0 N–H and O–H groups in total. The normalized spacial score (nSPS) is 16.3. The molecule has 1 saturated heterocycles. The third kappa shape index (κ3) is 3.91. The molecule has 2 heterocycles. The number of nitrogens with zero attached hydrogens (tertiary/aromatic N) is 2. The summed E-state index contributed by atoms with van der Waals surface area (Å²) in [6, 6.07) is 15.1. The first-order valence-corrected chi connectivity index (χ1v) is 11.7. The molecule has 0 amide bonds. The summed E-state index contributed by atoms with van der Waals surface area (Å²) in [4.78, 5) is 0.310. The van der Waals surface area contributed by atoms with Crippen LogP contribution < -0.4 is 9.47 Å². The molecule has 4 rings (SSSR count). The number of hydrogen-bond acceptors (Lipinski definition) is 4. The molecule has 0 saturated carbocycles. The number of para-hydroxylation sites is 1. The standard InChI is InChI=1S/C23H28N2O4S/c1-17(2)29-19-8-10-20(11-9-19)30(26,27)24-14-12-18(13-15-24)25-16-23(28-3)21-6-4-5-7-22(21)25/h4-11,16-18H,12-15H2,1-3H3. The van der Waals surface area contributed by atoms with E-state index in [0.717, 1.165) is 29.5 Å². The highest BCUT2D eigenvalue weighted by molar-refractivity contribution is 7.89. The van der Waals surface area contributed by atoms with Crippen molar-refractivity contribution in [1.82, 2.24) is 8.87 Å². The molecule has 0 aliphatic carbocycles. The number of aromatic nitrogens is 1. The quantitative estimate of drug-likeness (QED) is 0.581. The van der Waals surface area contributed by atoms with Gasteiger partial charge >= 0.3 is 0 Å². The molecule has 2 aromatic carbocycles. The fraction of sp³-hybridized carbons (Fsp3) is 0.391. The van der Waals surface area contributed by atoms with Crippen LogP contribution >= 0.6 is 0 Å². The number of benzene rings is 2. The van der Waals surface area contributed by atoms with Crippen LogP contribution in [0.4, 0.5) is 0 Å². The number of piperidine rings is 1. The second kappa shape index (κ2) is 8.32. The lowest BCUT2D eigenvalue weighted by atomic mass is 10.1. The first-order valence-electron chi connectivity index (χ1n) is 10.3. The third-order valence-corrected chi connectivity index (χ3v) is 7.49. The Balaban J connectivity index is 1.49. The fourth-order valence-electron chi connectivity index (χ4n) is 4.11. The Hall–Kier alpha value is -2.51. The maximum Gasteiger partial charge on any atom is 0.243 e. The van der Waals surface area contributed by atoms with Gasteiger partial charge in [-0.1, -0.05) is 12.1 Å². The molecule has 1 aromatic heterocycles. The summed E-state index contributed by atoms with van der Waals surface area (Å²) in [6.45, 7) is 4.87. The Morgan fingerprint density at radius 2 is 1.67 bits per heavy atom. The van der Waals surface area contributed by atoms with Gasteiger partial charge in [-0.25, -0.2) is 8.42 Å². The monoisotopic (exact) mass is 428 g/mol. The van der Waals surface area contributed by atoms with Gasteiger partial charge in [0.15, 0.2) is 0 Å². The molecule has 0 spiro atoms. The highest BCUT2D eigenvalue weighted by Crippen LogP contribution is 2.35. The van der Waals surface area contributed by atoms with E-state index in [9.17, 15) is 8.42 Å². The largest absolute Gasteiger partial charge is 0.495 e. The van der Waals surface area contributed by atoms with Crippen LogP contribution in [0.25, 0.3) is 10.9 Å². The van der Waals surface area contributed by atoms with E-state index < -0.39 is 10.0 Å². The van der Waals surface area contributed by atoms with Gasteiger partial charge in [0.25, 0.3) is 0 Å². The summed E-state index contributed by atoms with van der Waals surface area (Å²) in [5, 5.41) is 1.08. The number of hydrogen-bond donors (Lipinski definition) is 0. The topological polar surface area (TPSA) is 60.8 Å². The minimum atomic E-state index is -3.51. The van der Waals surface area contributed by atoms with Crippen LogP contribution in [-0.4, -0.2) is 43.6 Å². The summed E-state index contributed by atoms with van der Waals surface area (Å²) < 4.78 is 41.1. The molecule has 0 unspecified atom stereocenters. The number of sulfonamides is 1. The van der Waals surface area contributed by atoms with E-state index in [1.54, 1.807) is 35.7 Å². The molecule has 1 fully saturated rings. The lowest BCUT2D eigenvalue weighted by molar-refractivity contribution is 0.242. The summed E-state index contributed by atoms with van der Waals surface area (Å²) in [5.74, 6) is 1.53. The predicted molar refractivity (Wildman–Crippen MR) is 118 cm³/mol. The lowest BCUT2D eigenvalue weighted by Gasteiger charge is -2.32. The van der Waals surface area contributed by atoms with E-state index in [0.29, 0.717) is 23.7 Å². The van der Waals surface area contributed by atoms with Gasteiger partial charge in [0.05, 0.1) is 23.6 Å². The zero-order chi connectivity index (χ0) is 21.3. The van der Waals surface area contributed by atoms with Crippen LogP contribution in [0.2, 0.25) is 0 Å². The average molecular weight is 429 g/mol. The maximum atomic E-state index is 13.1. The highest BCUT2D eigenvalue weighted by atomic mass is 32.2. The average Bonchev–Trinajstić information content (AvgIpc) is 3.13.